The molecule has 2 aromatic heterocycles. The molecule has 0 saturated heterocycles. The van der Waals surface area contributed by atoms with Crippen molar-refractivity contribution in [3.05, 3.63) is 76.7 Å². The highest BCUT2D eigenvalue weighted by molar-refractivity contribution is 6.31. The smallest absolute Gasteiger partial charge is 0.373 e. The van der Waals surface area contributed by atoms with Gasteiger partial charge in [-0.2, -0.15) is 23.0 Å². The van der Waals surface area contributed by atoms with Gasteiger partial charge in [-0.1, -0.05) is 17.7 Å². The number of carbonyl (C=O) groups is 1. The summed E-state index contributed by atoms with van der Waals surface area (Å²) in [5, 5.41) is 15.3. The van der Waals surface area contributed by atoms with Gasteiger partial charge in [0.1, 0.15) is 18.0 Å². The largest absolute Gasteiger partial charge is 0.417 e. The maximum absolute atomic E-state index is 13.1. The number of amides is 2. The van der Waals surface area contributed by atoms with E-state index in [1.165, 1.54) is 12.4 Å². The summed E-state index contributed by atoms with van der Waals surface area (Å²) in [7, 11) is 1.75. The number of hydrogen-bond acceptors (Lipinski definition) is 6. The quantitative estimate of drug-likeness (QED) is 0.230. The van der Waals surface area contributed by atoms with Crippen molar-refractivity contribution in [1.29, 1.82) is 0 Å². The van der Waals surface area contributed by atoms with Crippen LogP contribution in [0.1, 0.15) is 16.8 Å². The van der Waals surface area contributed by atoms with Crippen LogP contribution in [0.3, 0.4) is 0 Å². The maximum Gasteiger partial charge on any atom is 0.417 e. The predicted octanol–water partition coefficient (Wildman–Crippen LogP) is 6.38. The lowest BCUT2D eigenvalue weighted by molar-refractivity contribution is -0.137. The second kappa shape index (κ2) is 10.3. The number of benzene rings is 2. The van der Waals surface area contributed by atoms with E-state index in [1.807, 2.05) is 19.9 Å². The fraction of sp³-hybridized carbons (Fsp3) is 0.167. The molecule has 2 heterocycles. The first-order valence-electron chi connectivity index (χ1n) is 10.9. The molecule has 4 rings (SSSR count). The van der Waals surface area contributed by atoms with Crippen LogP contribution in [0.2, 0.25) is 5.02 Å². The summed E-state index contributed by atoms with van der Waals surface area (Å²) < 4.78 is 41.0. The Kier molecular flexibility index (Phi) is 7.21. The van der Waals surface area contributed by atoms with E-state index >= 15 is 0 Å². The lowest BCUT2D eigenvalue weighted by atomic mass is 10.1. The molecule has 0 fully saturated rings. The van der Waals surface area contributed by atoms with Gasteiger partial charge < -0.3 is 21.3 Å². The molecule has 0 saturated carbocycles. The zero-order chi connectivity index (χ0) is 26.7. The van der Waals surface area contributed by atoms with E-state index in [0.29, 0.717) is 28.8 Å². The summed E-state index contributed by atoms with van der Waals surface area (Å²) in [6.07, 6.45) is -3.22. The van der Waals surface area contributed by atoms with Gasteiger partial charge in [0.15, 0.2) is 5.82 Å². The third kappa shape index (κ3) is 6.09. The Hall–Kier alpha value is -4.32. The standard InChI is InChI=1S/C24H22ClF3N8O/c1-13-4-5-16(33-23(37)32-15-6-7-18(25)17(9-15)24(26,27)28)10-19(13)34-22-8-14(2)35-36(22)21-11-20(29-3)30-12-31-21/h4-12,34H,1-3H3,(H,29,30,31)(H2,32,33,37). The van der Waals surface area contributed by atoms with Crippen LogP contribution in [0.15, 0.2) is 54.9 Å². The van der Waals surface area contributed by atoms with Gasteiger partial charge >= 0.3 is 12.2 Å². The predicted molar refractivity (Wildman–Crippen MR) is 137 cm³/mol. The second-order valence-electron chi connectivity index (χ2n) is 8.02. The van der Waals surface area contributed by atoms with Crippen molar-refractivity contribution in [2.45, 2.75) is 20.0 Å². The zero-order valence-corrected chi connectivity index (χ0v) is 20.7. The first-order chi connectivity index (χ1) is 17.5. The van der Waals surface area contributed by atoms with Crippen molar-refractivity contribution in [1.82, 2.24) is 19.7 Å². The molecule has 2 amide bonds. The third-order valence-corrected chi connectivity index (χ3v) is 5.57. The molecule has 4 aromatic rings. The van der Waals surface area contributed by atoms with E-state index in [2.05, 4.69) is 36.3 Å². The molecular weight excluding hydrogens is 509 g/mol. The van der Waals surface area contributed by atoms with E-state index < -0.39 is 22.8 Å². The van der Waals surface area contributed by atoms with Crippen LogP contribution in [0.25, 0.3) is 5.82 Å². The Morgan fingerprint density at radius 2 is 1.68 bits per heavy atom. The van der Waals surface area contributed by atoms with E-state index in [0.717, 1.165) is 23.4 Å². The summed E-state index contributed by atoms with van der Waals surface area (Å²) in [5.74, 6) is 1.80. The molecule has 37 heavy (non-hydrogen) atoms. The van der Waals surface area contributed by atoms with E-state index in [-0.39, 0.29) is 5.69 Å². The van der Waals surface area contributed by atoms with Crippen LogP contribution < -0.4 is 21.3 Å². The molecule has 0 radical (unpaired) electrons. The number of urea groups is 1. The number of carbonyl (C=O) groups excluding carboxylic acids is 1. The van der Waals surface area contributed by atoms with Crippen LogP contribution in [-0.2, 0) is 6.18 Å². The highest BCUT2D eigenvalue weighted by Gasteiger charge is 2.33. The van der Waals surface area contributed by atoms with Crippen molar-refractivity contribution >= 4 is 46.3 Å². The van der Waals surface area contributed by atoms with Crippen molar-refractivity contribution in [3.63, 3.8) is 0 Å². The van der Waals surface area contributed by atoms with Gasteiger partial charge in [0, 0.05) is 36.2 Å². The first kappa shape index (κ1) is 25.8. The molecule has 0 spiro atoms. The van der Waals surface area contributed by atoms with E-state index in [4.69, 9.17) is 11.6 Å². The number of halogens is 4. The number of aryl methyl sites for hydroxylation is 2. The minimum atomic E-state index is -4.64. The highest BCUT2D eigenvalue weighted by Crippen LogP contribution is 2.36. The summed E-state index contributed by atoms with van der Waals surface area (Å²) in [6.45, 7) is 3.73. The molecule has 0 bridgehead atoms. The minimum absolute atomic E-state index is 0.0511. The number of aromatic nitrogens is 4. The van der Waals surface area contributed by atoms with Gasteiger partial charge in [-0.05, 0) is 49.7 Å². The molecule has 0 atom stereocenters. The van der Waals surface area contributed by atoms with E-state index in [9.17, 15) is 18.0 Å². The summed E-state index contributed by atoms with van der Waals surface area (Å²) >= 11 is 5.64. The molecule has 4 N–H and O–H groups in total. The van der Waals surface area contributed by atoms with Crippen LogP contribution >= 0.6 is 11.6 Å². The average molecular weight is 531 g/mol. The number of nitrogens with one attached hydrogen (secondary N) is 4. The SMILES string of the molecule is CNc1cc(-n2nc(C)cc2Nc2cc(NC(=O)Nc3ccc(Cl)c(C(F)(F)F)c3)ccc2C)ncn1. The topological polar surface area (TPSA) is 109 Å². The molecule has 9 nitrogen and oxygen atoms in total. The lowest BCUT2D eigenvalue weighted by Crippen LogP contribution is -2.20. The fourth-order valence-corrected chi connectivity index (χ4v) is 3.67. The van der Waals surface area contributed by atoms with Crippen LogP contribution in [0, 0.1) is 13.8 Å². The number of alkyl halides is 3. The number of hydrogen-bond donors (Lipinski definition) is 4. The van der Waals surface area contributed by atoms with Crippen molar-refractivity contribution in [2.24, 2.45) is 0 Å². The van der Waals surface area contributed by atoms with E-state index in [1.54, 1.807) is 36.0 Å². The Bertz CT molecular complexity index is 1450. The Balaban J connectivity index is 1.53. The Morgan fingerprint density at radius 3 is 2.38 bits per heavy atom. The van der Waals surface area contributed by atoms with Crippen LogP contribution in [0.4, 0.5) is 46.7 Å². The number of anilines is 5. The lowest BCUT2D eigenvalue weighted by Gasteiger charge is -2.15. The fourth-order valence-electron chi connectivity index (χ4n) is 3.45. The van der Waals surface area contributed by atoms with Gasteiger partial charge in [0.25, 0.3) is 0 Å². The molecule has 2 aromatic carbocycles. The summed E-state index contributed by atoms with van der Waals surface area (Å²) in [5.41, 5.74) is 1.63. The number of nitrogens with zero attached hydrogens (tertiary/aromatic N) is 4. The normalized spacial score (nSPS) is 11.2. The highest BCUT2D eigenvalue weighted by atomic mass is 35.5. The molecule has 0 aliphatic heterocycles. The van der Waals surface area contributed by atoms with Gasteiger partial charge in [0.05, 0.1) is 16.3 Å². The molecule has 192 valence electrons. The zero-order valence-electron chi connectivity index (χ0n) is 19.9. The number of rotatable bonds is 6. The first-order valence-corrected chi connectivity index (χ1v) is 11.3. The Morgan fingerprint density at radius 1 is 0.973 bits per heavy atom. The Labute approximate surface area is 215 Å². The average Bonchev–Trinajstić information content (AvgIpc) is 3.21. The third-order valence-electron chi connectivity index (χ3n) is 5.25. The molecule has 13 heteroatoms. The molecule has 0 unspecified atom stereocenters. The molecular formula is C24H22ClF3N8O. The van der Waals surface area contributed by atoms with Gasteiger partial charge in [-0.3, -0.25) is 0 Å². The second-order valence-corrected chi connectivity index (χ2v) is 8.43. The van der Waals surface area contributed by atoms with Crippen molar-refractivity contribution in [3.8, 4) is 5.82 Å². The summed E-state index contributed by atoms with van der Waals surface area (Å²) in [6, 6.07) is 11.2. The maximum atomic E-state index is 13.1. The van der Waals surface area contributed by atoms with Gasteiger partial charge in [-0.15, -0.1) is 0 Å². The minimum Gasteiger partial charge on any atom is -0.373 e. The van der Waals surface area contributed by atoms with Gasteiger partial charge in [0.2, 0.25) is 0 Å². The molecule has 0 aliphatic rings. The van der Waals surface area contributed by atoms with Crippen molar-refractivity contribution < 1.29 is 18.0 Å². The molecule has 0 aliphatic carbocycles. The van der Waals surface area contributed by atoms with Crippen molar-refractivity contribution in [2.75, 3.05) is 28.3 Å². The van der Waals surface area contributed by atoms with Gasteiger partial charge in [-0.25, -0.2) is 14.8 Å². The van der Waals surface area contributed by atoms with Crippen LogP contribution in [0.5, 0.6) is 0 Å². The van der Waals surface area contributed by atoms with Crippen LogP contribution in [-0.4, -0.2) is 32.8 Å². The monoisotopic (exact) mass is 530 g/mol. The summed E-state index contributed by atoms with van der Waals surface area (Å²) in [4.78, 5) is 20.9.